The Morgan fingerprint density at radius 2 is 1.39 bits per heavy atom. The number of amides is 3. The number of carbonyl (C=O) groups excluding carboxylic acids is 4. The third-order valence-corrected chi connectivity index (χ3v) is 9.60. The van der Waals surface area contributed by atoms with Gasteiger partial charge in [0.25, 0.3) is 5.91 Å². The van der Waals surface area contributed by atoms with E-state index in [0.29, 0.717) is 41.0 Å². The third kappa shape index (κ3) is 5.08. The maximum Gasteiger partial charge on any atom is 0.306 e. The monoisotopic (exact) mass is 634 g/mol. The summed E-state index contributed by atoms with van der Waals surface area (Å²) in [5, 5.41) is 3.09. The second-order valence-electron chi connectivity index (χ2n) is 10.7. The van der Waals surface area contributed by atoms with Crippen LogP contribution in [0.1, 0.15) is 59.8 Å². The lowest BCUT2D eigenvalue weighted by molar-refractivity contribution is -0.147. The molecule has 0 saturated carbocycles. The number of imide groups is 1. The molecule has 7 rings (SSSR count). The number of rotatable bonds is 9. The summed E-state index contributed by atoms with van der Waals surface area (Å²) in [4.78, 5) is 52.9. The molecule has 0 unspecified atom stereocenters. The van der Waals surface area contributed by atoms with E-state index < -0.39 is 11.9 Å². The maximum atomic E-state index is 13.6. The smallest absolute Gasteiger partial charge is 0.306 e. The van der Waals surface area contributed by atoms with Gasteiger partial charge in [-0.25, -0.2) is 0 Å². The Hall–Kier alpha value is -3.49. The Morgan fingerprint density at radius 3 is 1.93 bits per heavy atom. The van der Waals surface area contributed by atoms with Crippen molar-refractivity contribution in [3.63, 3.8) is 0 Å². The average molecular weight is 636 g/mol. The van der Waals surface area contributed by atoms with Gasteiger partial charge in [-0.05, 0) is 69.2 Å². The summed E-state index contributed by atoms with van der Waals surface area (Å²) in [5.41, 5.74) is 5.15. The zero-order chi connectivity index (χ0) is 28.7. The minimum atomic E-state index is -0.472. The number of anilines is 1. The zero-order valence-electron chi connectivity index (χ0n) is 22.1. The summed E-state index contributed by atoms with van der Waals surface area (Å²) in [6.07, 6.45) is 1.94. The summed E-state index contributed by atoms with van der Waals surface area (Å²) in [6, 6.07) is 21.4. The van der Waals surface area contributed by atoms with Crippen LogP contribution < -0.4 is 5.32 Å². The number of unbranched alkanes of at least 4 members (excludes halogenated alkanes) is 2. The molecule has 3 aliphatic carbocycles. The van der Waals surface area contributed by atoms with Gasteiger partial charge in [0, 0.05) is 35.0 Å². The Kier molecular flexibility index (Phi) is 7.70. The average Bonchev–Trinajstić information content (AvgIpc) is 3.23. The fraction of sp³-hybridized carbons (Fsp3) is 0.312. The zero-order valence-corrected chi connectivity index (χ0v) is 24.5. The number of hydrogen-bond donors (Lipinski definition) is 1. The van der Waals surface area contributed by atoms with Crippen LogP contribution in [-0.2, 0) is 23.9 Å². The molecule has 2 bridgehead atoms. The summed E-state index contributed by atoms with van der Waals surface area (Å²) in [6.45, 7) is -0.0524. The number of nitrogens with zero attached hydrogens (tertiary/aromatic N) is 1. The largest absolute Gasteiger partial charge is 0.456 e. The van der Waals surface area contributed by atoms with Crippen LogP contribution >= 0.6 is 27.5 Å². The van der Waals surface area contributed by atoms with Gasteiger partial charge in [-0.15, -0.1) is 0 Å². The summed E-state index contributed by atoms with van der Waals surface area (Å²) >= 11 is 9.32. The van der Waals surface area contributed by atoms with Crippen molar-refractivity contribution < 1.29 is 23.9 Å². The first-order valence-corrected chi connectivity index (χ1v) is 15.0. The predicted octanol–water partition coefficient (Wildman–Crippen LogP) is 6.04. The van der Waals surface area contributed by atoms with Crippen molar-refractivity contribution in [1.82, 2.24) is 4.90 Å². The number of halogens is 2. The van der Waals surface area contributed by atoms with Crippen LogP contribution in [0.2, 0.25) is 5.02 Å². The minimum absolute atomic E-state index is 0.0866. The van der Waals surface area contributed by atoms with Gasteiger partial charge in [0.2, 0.25) is 11.8 Å². The topological polar surface area (TPSA) is 92.8 Å². The minimum Gasteiger partial charge on any atom is -0.456 e. The number of benzene rings is 3. The first-order chi connectivity index (χ1) is 19.8. The SMILES string of the molecule is O=C(COC(=O)CCCCCN1C(=O)[C@H]2C3c4ccccc4C(c4ccccc43)[C@@H]2C1=O)Nc1ccc(Br)c(Cl)c1. The molecule has 9 heteroatoms. The molecule has 3 aromatic rings. The van der Waals surface area contributed by atoms with E-state index in [9.17, 15) is 19.2 Å². The normalized spacial score (nSPS) is 21.8. The fourth-order valence-corrected chi connectivity index (χ4v) is 7.09. The molecule has 7 nitrogen and oxygen atoms in total. The van der Waals surface area contributed by atoms with Crippen molar-refractivity contribution in [2.24, 2.45) is 11.8 Å². The molecular formula is C32H28BrClN2O5. The molecule has 1 N–H and O–H groups in total. The van der Waals surface area contributed by atoms with E-state index in [1.165, 1.54) is 4.90 Å². The van der Waals surface area contributed by atoms with Crippen LogP contribution in [0, 0.1) is 11.8 Å². The number of nitrogens with one attached hydrogen (secondary N) is 1. The van der Waals surface area contributed by atoms with Crippen LogP contribution in [-0.4, -0.2) is 41.7 Å². The van der Waals surface area contributed by atoms with Gasteiger partial charge in [-0.3, -0.25) is 24.1 Å². The van der Waals surface area contributed by atoms with E-state index in [0.717, 1.165) is 22.3 Å². The molecule has 4 aliphatic rings. The van der Waals surface area contributed by atoms with Crippen LogP contribution in [0.15, 0.2) is 71.2 Å². The van der Waals surface area contributed by atoms with Crippen molar-refractivity contribution in [3.05, 3.63) is 98.5 Å². The lowest BCUT2D eigenvalue weighted by Crippen LogP contribution is -2.41. The van der Waals surface area contributed by atoms with Crippen LogP contribution in [0.4, 0.5) is 5.69 Å². The number of hydrogen-bond acceptors (Lipinski definition) is 5. The van der Waals surface area contributed by atoms with Gasteiger partial charge in [0.15, 0.2) is 6.61 Å². The number of esters is 1. The Bertz CT molecular complexity index is 1440. The van der Waals surface area contributed by atoms with Gasteiger partial charge in [-0.1, -0.05) is 66.6 Å². The van der Waals surface area contributed by atoms with E-state index >= 15 is 0 Å². The van der Waals surface area contributed by atoms with Gasteiger partial charge in [0.1, 0.15) is 0 Å². The van der Waals surface area contributed by atoms with E-state index in [2.05, 4.69) is 45.5 Å². The summed E-state index contributed by atoms with van der Waals surface area (Å²) in [5.74, 6) is -2.05. The highest BCUT2D eigenvalue weighted by molar-refractivity contribution is 9.10. The molecule has 210 valence electrons. The fourth-order valence-electron chi connectivity index (χ4n) is 6.66. The lowest BCUT2D eigenvalue weighted by atomic mass is 9.55. The van der Waals surface area contributed by atoms with Gasteiger partial charge < -0.3 is 10.1 Å². The maximum absolute atomic E-state index is 13.6. The van der Waals surface area contributed by atoms with Crippen molar-refractivity contribution in [1.29, 1.82) is 0 Å². The molecule has 1 saturated heterocycles. The molecule has 1 heterocycles. The van der Waals surface area contributed by atoms with Crippen LogP contribution in [0.3, 0.4) is 0 Å². The molecule has 3 amide bonds. The van der Waals surface area contributed by atoms with Crippen LogP contribution in [0.5, 0.6) is 0 Å². The highest BCUT2D eigenvalue weighted by Crippen LogP contribution is 2.60. The van der Waals surface area contributed by atoms with E-state index in [1.807, 2.05) is 24.3 Å². The Morgan fingerprint density at radius 1 is 0.829 bits per heavy atom. The Balaban J connectivity index is 0.993. The molecule has 41 heavy (non-hydrogen) atoms. The van der Waals surface area contributed by atoms with Crippen molar-refractivity contribution in [2.45, 2.75) is 37.5 Å². The van der Waals surface area contributed by atoms with Crippen molar-refractivity contribution >= 4 is 56.9 Å². The molecule has 2 atom stereocenters. The lowest BCUT2D eigenvalue weighted by Gasteiger charge is -2.45. The quantitative estimate of drug-likeness (QED) is 0.176. The van der Waals surface area contributed by atoms with Crippen molar-refractivity contribution in [2.75, 3.05) is 18.5 Å². The number of carbonyl (C=O) groups is 4. The molecule has 0 radical (unpaired) electrons. The van der Waals surface area contributed by atoms with Gasteiger partial charge in [-0.2, -0.15) is 0 Å². The van der Waals surface area contributed by atoms with E-state index in [-0.39, 0.29) is 48.5 Å². The first-order valence-electron chi connectivity index (χ1n) is 13.8. The second kappa shape index (κ2) is 11.4. The molecule has 1 aliphatic heterocycles. The van der Waals surface area contributed by atoms with Crippen molar-refractivity contribution in [3.8, 4) is 0 Å². The predicted molar refractivity (Wildman–Crippen MR) is 157 cm³/mol. The first kappa shape index (κ1) is 27.7. The summed E-state index contributed by atoms with van der Waals surface area (Å²) < 4.78 is 5.80. The Labute approximate surface area is 251 Å². The van der Waals surface area contributed by atoms with E-state index in [4.69, 9.17) is 16.3 Å². The molecule has 0 spiro atoms. The molecular weight excluding hydrogens is 608 g/mol. The highest BCUT2D eigenvalue weighted by Gasteiger charge is 2.61. The second-order valence-corrected chi connectivity index (χ2v) is 12.0. The summed E-state index contributed by atoms with van der Waals surface area (Å²) in [7, 11) is 0. The standard InChI is InChI=1S/C32H28BrClN2O5/c33-23-14-13-18(16-24(23)34)35-25(37)17-41-26(38)12-2-1-7-15-36-31(39)29-27-19-8-3-4-9-20(19)28(30(29)32(36)40)22-11-6-5-10-21(22)27/h3-6,8-11,13-14,16,27-30H,1-2,7,12,15,17H2,(H,35,37)/t27?,28?,29-,30-/m0/s1. The molecule has 0 aromatic heterocycles. The number of ether oxygens (including phenoxy) is 1. The molecule has 3 aromatic carbocycles. The van der Waals surface area contributed by atoms with E-state index in [1.54, 1.807) is 18.2 Å². The highest BCUT2D eigenvalue weighted by atomic mass is 79.9. The van der Waals surface area contributed by atoms with Gasteiger partial charge >= 0.3 is 5.97 Å². The number of likely N-dealkylation sites (tertiary alicyclic amines) is 1. The molecule has 1 fully saturated rings. The third-order valence-electron chi connectivity index (χ3n) is 8.37. The van der Waals surface area contributed by atoms with Gasteiger partial charge in [0.05, 0.1) is 16.9 Å². The van der Waals surface area contributed by atoms with Crippen LogP contribution in [0.25, 0.3) is 0 Å².